The molecule has 2 aliphatic rings. The van der Waals surface area contributed by atoms with Gasteiger partial charge in [-0.3, -0.25) is 9.59 Å². The first kappa shape index (κ1) is 14.9. The fourth-order valence-corrected chi connectivity index (χ4v) is 2.98. The van der Waals surface area contributed by atoms with E-state index in [2.05, 4.69) is 0 Å². The maximum absolute atomic E-state index is 12.5. The number of hydrogen-bond acceptors (Lipinski definition) is 3. The van der Waals surface area contributed by atoms with Crippen LogP contribution in [0.15, 0.2) is 24.3 Å². The largest absolute Gasteiger partial charge is 0.497 e. The van der Waals surface area contributed by atoms with Crippen LogP contribution in [0.5, 0.6) is 5.75 Å². The number of methoxy groups -OCH3 is 1. The van der Waals surface area contributed by atoms with Crippen LogP contribution in [0.3, 0.4) is 0 Å². The summed E-state index contributed by atoms with van der Waals surface area (Å²) in [5.41, 5.74) is 0.637. The van der Waals surface area contributed by atoms with E-state index in [1.54, 1.807) is 19.2 Å². The summed E-state index contributed by atoms with van der Waals surface area (Å²) in [6.07, 6.45) is 3.23. The normalized spacial score (nSPS) is 18.8. The molecule has 0 N–H and O–H groups in total. The smallest absolute Gasteiger partial charge is 0.254 e. The zero-order chi connectivity index (χ0) is 15.5. The summed E-state index contributed by atoms with van der Waals surface area (Å²) in [4.78, 5) is 28.5. The third-order valence-electron chi connectivity index (χ3n) is 4.65. The lowest BCUT2D eigenvalue weighted by Crippen LogP contribution is -2.52. The van der Waals surface area contributed by atoms with E-state index in [9.17, 15) is 9.59 Å². The fraction of sp³-hybridized carbons (Fsp3) is 0.529. The molecule has 118 valence electrons. The Morgan fingerprint density at radius 3 is 2.36 bits per heavy atom. The van der Waals surface area contributed by atoms with Crippen LogP contribution in [-0.2, 0) is 4.79 Å². The first-order valence-corrected chi connectivity index (χ1v) is 7.91. The summed E-state index contributed by atoms with van der Waals surface area (Å²) in [6.45, 7) is 2.50. The van der Waals surface area contributed by atoms with Crippen LogP contribution in [0.2, 0.25) is 0 Å². The molecule has 5 nitrogen and oxygen atoms in total. The predicted octanol–water partition coefficient (Wildman–Crippen LogP) is 1.78. The van der Waals surface area contributed by atoms with Crippen molar-refractivity contribution in [2.24, 2.45) is 5.92 Å². The SMILES string of the molecule is COc1cccc(C(=O)N2CCN(C(=O)C3CCC3)CC2)c1. The third-order valence-corrected chi connectivity index (χ3v) is 4.65. The van der Waals surface area contributed by atoms with Gasteiger partial charge in [0.1, 0.15) is 5.75 Å². The fourth-order valence-electron chi connectivity index (χ4n) is 2.98. The van der Waals surface area contributed by atoms with Gasteiger partial charge < -0.3 is 14.5 Å². The highest BCUT2D eigenvalue weighted by molar-refractivity contribution is 5.94. The zero-order valence-electron chi connectivity index (χ0n) is 13.0. The number of hydrogen-bond donors (Lipinski definition) is 0. The molecule has 1 aliphatic heterocycles. The van der Waals surface area contributed by atoms with Gasteiger partial charge in [-0.2, -0.15) is 0 Å². The molecular formula is C17H22N2O3. The van der Waals surface area contributed by atoms with E-state index in [1.807, 2.05) is 21.9 Å². The summed E-state index contributed by atoms with van der Waals surface area (Å²) in [5, 5.41) is 0. The molecule has 0 unspecified atom stereocenters. The van der Waals surface area contributed by atoms with E-state index in [0.29, 0.717) is 37.5 Å². The molecule has 22 heavy (non-hydrogen) atoms. The summed E-state index contributed by atoms with van der Waals surface area (Å²) < 4.78 is 5.16. The average Bonchev–Trinajstić information content (AvgIpc) is 2.52. The molecule has 0 radical (unpaired) electrons. The van der Waals surface area contributed by atoms with E-state index in [1.165, 1.54) is 6.42 Å². The molecule has 0 atom stereocenters. The molecule has 3 rings (SSSR count). The maximum Gasteiger partial charge on any atom is 0.254 e. The zero-order valence-corrected chi connectivity index (χ0v) is 13.0. The van der Waals surface area contributed by atoms with E-state index in [4.69, 9.17) is 4.74 Å². The molecule has 1 aliphatic carbocycles. The van der Waals surface area contributed by atoms with Crippen molar-refractivity contribution < 1.29 is 14.3 Å². The van der Waals surface area contributed by atoms with Gasteiger partial charge in [-0.05, 0) is 31.0 Å². The molecule has 0 spiro atoms. The molecule has 1 aromatic rings. The van der Waals surface area contributed by atoms with Crippen molar-refractivity contribution in [1.82, 2.24) is 9.80 Å². The number of benzene rings is 1. The van der Waals surface area contributed by atoms with Crippen LogP contribution in [0.1, 0.15) is 29.6 Å². The van der Waals surface area contributed by atoms with Gasteiger partial charge >= 0.3 is 0 Å². The summed E-state index contributed by atoms with van der Waals surface area (Å²) in [7, 11) is 1.59. The summed E-state index contributed by atoms with van der Waals surface area (Å²) in [5.74, 6) is 1.21. The van der Waals surface area contributed by atoms with Crippen LogP contribution in [0.25, 0.3) is 0 Å². The lowest BCUT2D eigenvalue weighted by molar-refractivity contribution is -0.139. The van der Waals surface area contributed by atoms with Gasteiger partial charge in [0.2, 0.25) is 5.91 Å². The number of carbonyl (C=O) groups is 2. The van der Waals surface area contributed by atoms with Gasteiger partial charge in [0.25, 0.3) is 5.91 Å². The van der Waals surface area contributed by atoms with Gasteiger partial charge in [0, 0.05) is 37.7 Å². The van der Waals surface area contributed by atoms with E-state index in [-0.39, 0.29) is 17.7 Å². The number of amides is 2. The highest BCUT2D eigenvalue weighted by Gasteiger charge is 2.32. The standard InChI is InChI=1S/C17H22N2O3/c1-22-15-7-3-6-14(12-15)17(21)19-10-8-18(9-11-19)16(20)13-4-2-5-13/h3,6-7,12-13H,2,4-5,8-11H2,1H3. The van der Waals surface area contributed by atoms with Crippen LogP contribution in [0.4, 0.5) is 0 Å². The molecule has 2 fully saturated rings. The Morgan fingerprint density at radius 1 is 1.09 bits per heavy atom. The minimum absolute atomic E-state index is 0.00893. The van der Waals surface area contributed by atoms with E-state index < -0.39 is 0 Å². The van der Waals surface area contributed by atoms with Crippen molar-refractivity contribution in [3.8, 4) is 5.75 Å². The number of nitrogens with zero attached hydrogens (tertiary/aromatic N) is 2. The third kappa shape index (κ3) is 2.93. The van der Waals surface area contributed by atoms with Gasteiger partial charge in [-0.15, -0.1) is 0 Å². The first-order valence-electron chi connectivity index (χ1n) is 7.91. The summed E-state index contributed by atoms with van der Waals surface area (Å²) >= 11 is 0. The Bertz CT molecular complexity index is 561. The number of rotatable bonds is 3. The molecule has 2 amide bonds. The minimum Gasteiger partial charge on any atom is -0.497 e. The van der Waals surface area contributed by atoms with Crippen LogP contribution in [-0.4, -0.2) is 54.9 Å². The second kappa shape index (κ2) is 6.38. The monoisotopic (exact) mass is 302 g/mol. The van der Waals surface area contributed by atoms with Crippen molar-refractivity contribution in [2.75, 3.05) is 33.3 Å². The number of ether oxygens (including phenoxy) is 1. The Hall–Kier alpha value is -2.04. The van der Waals surface area contributed by atoms with Gasteiger partial charge in [0.05, 0.1) is 7.11 Å². The maximum atomic E-state index is 12.5. The van der Waals surface area contributed by atoms with Crippen LogP contribution < -0.4 is 4.74 Å². The molecule has 0 aromatic heterocycles. The van der Waals surface area contributed by atoms with Crippen molar-refractivity contribution in [1.29, 1.82) is 0 Å². The molecular weight excluding hydrogens is 280 g/mol. The first-order chi connectivity index (χ1) is 10.7. The highest BCUT2D eigenvalue weighted by Crippen LogP contribution is 2.28. The second-order valence-electron chi connectivity index (χ2n) is 5.98. The molecule has 0 bridgehead atoms. The van der Waals surface area contributed by atoms with Gasteiger partial charge in [-0.25, -0.2) is 0 Å². The minimum atomic E-state index is 0.00893. The van der Waals surface area contributed by atoms with Crippen molar-refractivity contribution in [2.45, 2.75) is 19.3 Å². The van der Waals surface area contributed by atoms with Crippen LogP contribution >= 0.6 is 0 Å². The quantitative estimate of drug-likeness (QED) is 0.855. The molecule has 1 saturated heterocycles. The Labute approximate surface area is 130 Å². The lowest BCUT2D eigenvalue weighted by Gasteiger charge is -2.38. The van der Waals surface area contributed by atoms with Crippen molar-refractivity contribution in [3.63, 3.8) is 0 Å². The predicted molar refractivity (Wildman–Crippen MR) is 82.8 cm³/mol. The molecule has 1 aromatic carbocycles. The Balaban J connectivity index is 1.58. The van der Waals surface area contributed by atoms with E-state index >= 15 is 0 Å². The lowest BCUT2D eigenvalue weighted by atomic mass is 9.84. The second-order valence-corrected chi connectivity index (χ2v) is 5.98. The topological polar surface area (TPSA) is 49.9 Å². The van der Waals surface area contributed by atoms with Crippen molar-refractivity contribution >= 4 is 11.8 Å². The van der Waals surface area contributed by atoms with Crippen molar-refractivity contribution in [3.05, 3.63) is 29.8 Å². The highest BCUT2D eigenvalue weighted by atomic mass is 16.5. The average molecular weight is 302 g/mol. The Morgan fingerprint density at radius 2 is 1.77 bits per heavy atom. The molecule has 1 saturated carbocycles. The van der Waals surface area contributed by atoms with Crippen LogP contribution in [0, 0.1) is 5.92 Å². The summed E-state index contributed by atoms with van der Waals surface area (Å²) in [6, 6.07) is 7.21. The molecule has 5 heteroatoms. The van der Waals surface area contributed by atoms with Gasteiger partial charge in [-0.1, -0.05) is 12.5 Å². The molecule has 1 heterocycles. The number of piperazine rings is 1. The number of carbonyl (C=O) groups excluding carboxylic acids is 2. The van der Waals surface area contributed by atoms with E-state index in [0.717, 1.165) is 12.8 Å². The van der Waals surface area contributed by atoms with Gasteiger partial charge in [0.15, 0.2) is 0 Å². The Kier molecular flexibility index (Phi) is 4.32.